The molecule has 2 saturated carbocycles. The van der Waals surface area contributed by atoms with E-state index in [1.807, 2.05) is 0 Å². The molecule has 2 rings (SSSR count). The first-order valence-electron chi connectivity index (χ1n) is 7.95. The molecule has 0 aromatic rings. The molecule has 0 aromatic carbocycles. The molecule has 2 aliphatic rings. The van der Waals surface area contributed by atoms with Crippen LogP contribution in [-0.4, -0.2) is 29.6 Å². The smallest absolute Gasteiger partial charge is 0.0337 e. The summed E-state index contributed by atoms with van der Waals surface area (Å²) in [6.07, 6.45) is 6.84. The average Bonchev–Trinajstić information content (AvgIpc) is 3.14. The molecule has 0 aliphatic heterocycles. The standard InChI is InChI=1S/C16H32N2/c1-12(2)18(10-15-5-6-15)16(11-17)8-7-13(3)14(4)9-16/h12-15H,5-11,17H2,1-4H3. The average molecular weight is 252 g/mol. The van der Waals surface area contributed by atoms with Gasteiger partial charge in [-0.25, -0.2) is 0 Å². The van der Waals surface area contributed by atoms with Crippen molar-refractivity contribution >= 4 is 0 Å². The van der Waals surface area contributed by atoms with Crippen LogP contribution < -0.4 is 5.73 Å². The number of hydrogen-bond donors (Lipinski definition) is 1. The number of nitrogens with two attached hydrogens (primary N) is 1. The molecule has 3 unspecified atom stereocenters. The van der Waals surface area contributed by atoms with Crippen molar-refractivity contribution in [1.82, 2.24) is 4.90 Å². The van der Waals surface area contributed by atoms with Crippen LogP contribution in [0.25, 0.3) is 0 Å². The molecule has 0 bridgehead atoms. The summed E-state index contributed by atoms with van der Waals surface area (Å²) in [7, 11) is 0. The lowest BCUT2D eigenvalue weighted by molar-refractivity contribution is -0.00338. The predicted octanol–water partition coefficient (Wildman–Crippen LogP) is 3.26. The Balaban J connectivity index is 2.12. The molecular weight excluding hydrogens is 220 g/mol. The molecular formula is C16H32N2. The van der Waals surface area contributed by atoms with Gasteiger partial charge in [-0.05, 0) is 63.7 Å². The van der Waals surface area contributed by atoms with Crippen molar-refractivity contribution in [3.63, 3.8) is 0 Å². The van der Waals surface area contributed by atoms with Gasteiger partial charge in [0.25, 0.3) is 0 Å². The SMILES string of the molecule is CC1CCC(CN)(N(CC2CC2)C(C)C)CC1C. The van der Waals surface area contributed by atoms with E-state index in [0.717, 1.165) is 24.3 Å². The van der Waals surface area contributed by atoms with Crippen molar-refractivity contribution in [3.05, 3.63) is 0 Å². The molecule has 2 N–H and O–H groups in total. The van der Waals surface area contributed by atoms with E-state index in [1.165, 1.54) is 38.6 Å². The Labute approximate surface area is 113 Å². The normalized spacial score (nSPS) is 37.5. The van der Waals surface area contributed by atoms with Gasteiger partial charge in [0.2, 0.25) is 0 Å². The summed E-state index contributed by atoms with van der Waals surface area (Å²) in [5.74, 6) is 2.66. The van der Waals surface area contributed by atoms with Crippen molar-refractivity contribution in [1.29, 1.82) is 0 Å². The number of hydrogen-bond acceptors (Lipinski definition) is 2. The second-order valence-corrected chi connectivity index (χ2v) is 7.32. The molecule has 0 saturated heterocycles. The first-order valence-corrected chi connectivity index (χ1v) is 7.95. The summed E-state index contributed by atoms with van der Waals surface area (Å²) < 4.78 is 0. The summed E-state index contributed by atoms with van der Waals surface area (Å²) >= 11 is 0. The van der Waals surface area contributed by atoms with Gasteiger partial charge in [-0.2, -0.15) is 0 Å². The van der Waals surface area contributed by atoms with Gasteiger partial charge in [0, 0.05) is 24.7 Å². The first-order chi connectivity index (χ1) is 8.48. The zero-order valence-corrected chi connectivity index (χ0v) is 12.8. The molecule has 3 atom stereocenters. The van der Waals surface area contributed by atoms with E-state index < -0.39 is 0 Å². The fourth-order valence-electron chi connectivity index (χ4n) is 3.78. The van der Waals surface area contributed by atoms with Gasteiger partial charge in [0.05, 0.1) is 0 Å². The van der Waals surface area contributed by atoms with Gasteiger partial charge < -0.3 is 5.73 Å². The van der Waals surface area contributed by atoms with Crippen molar-refractivity contribution in [3.8, 4) is 0 Å². The van der Waals surface area contributed by atoms with E-state index in [2.05, 4.69) is 32.6 Å². The van der Waals surface area contributed by atoms with Crippen molar-refractivity contribution in [2.45, 2.75) is 71.4 Å². The predicted molar refractivity (Wildman–Crippen MR) is 78.5 cm³/mol. The van der Waals surface area contributed by atoms with Crippen LogP contribution in [0.3, 0.4) is 0 Å². The summed E-state index contributed by atoms with van der Waals surface area (Å²) in [4.78, 5) is 2.76. The maximum atomic E-state index is 6.24. The monoisotopic (exact) mass is 252 g/mol. The second kappa shape index (κ2) is 5.50. The van der Waals surface area contributed by atoms with Gasteiger partial charge in [0.15, 0.2) is 0 Å². The highest BCUT2D eigenvalue weighted by Crippen LogP contribution is 2.42. The minimum absolute atomic E-state index is 0.294. The second-order valence-electron chi connectivity index (χ2n) is 7.32. The molecule has 0 radical (unpaired) electrons. The summed E-state index contributed by atoms with van der Waals surface area (Å²) in [5, 5.41) is 0. The maximum absolute atomic E-state index is 6.24. The van der Waals surface area contributed by atoms with E-state index in [-0.39, 0.29) is 0 Å². The Morgan fingerprint density at radius 1 is 1.17 bits per heavy atom. The topological polar surface area (TPSA) is 29.3 Å². The van der Waals surface area contributed by atoms with E-state index in [1.54, 1.807) is 0 Å². The summed E-state index contributed by atoms with van der Waals surface area (Å²) in [6.45, 7) is 11.7. The van der Waals surface area contributed by atoms with Crippen LogP contribution in [0.15, 0.2) is 0 Å². The third kappa shape index (κ3) is 2.91. The highest BCUT2D eigenvalue weighted by atomic mass is 15.2. The lowest BCUT2D eigenvalue weighted by atomic mass is 9.70. The molecule has 2 nitrogen and oxygen atoms in total. The molecule has 18 heavy (non-hydrogen) atoms. The minimum Gasteiger partial charge on any atom is -0.329 e. The Morgan fingerprint density at radius 3 is 2.28 bits per heavy atom. The quantitative estimate of drug-likeness (QED) is 0.814. The third-order valence-corrected chi connectivity index (χ3v) is 5.50. The zero-order chi connectivity index (χ0) is 13.3. The maximum Gasteiger partial charge on any atom is 0.0337 e. The Kier molecular flexibility index (Phi) is 4.38. The summed E-state index contributed by atoms with van der Waals surface area (Å²) in [6, 6.07) is 0.634. The van der Waals surface area contributed by atoms with Gasteiger partial charge >= 0.3 is 0 Å². The first kappa shape index (κ1) is 14.3. The van der Waals surface area contributed by atoms with Gasteiger partial charge in [0.1, 0.15) is 0 Å². The zero-order valence-electron chi connectivity index (χ0n) is 12.8. The molecule has 0 heterocycles. The third-order valence-electron chi connectivity index (χ3n) is 5.50. The fraction of sp³-hybridized carbons (Fsp3) is 1.00. The largest absolute Gasteiger partial charge is 0.329 e. The van der Waals surface area contributed by atoms with Crippen molar-refractivity contribution < 1.29 is 0 Å². The Morgan fingerprint density at radius 2 is 1.83 bits per heavy atom. The molecule has 0 spiro atoms. The van der Waals surface area contributed by atoms with E-state index in [9.17, 15) is 0 Å². The molecule has 0 aromatic heterocycles. The summed E-state index contributed by atoms with van der Waals surface area (Å²) in [5.41, 5.74) is 6.53. The number of nitrogens with zero attached hydrogens (tertiary/aromatic N) is 1. The minimum atomic E-state index is 0.294. The van der Waals surface area contributed by atoms with Crippen LogP contribution in [0.2, 0.25) is 0 Å². The fourth-order valence-corrected chi connectivity index (χ4v) is 3.78. The van der Waals surface area contributed by atoms with Gasteiger partial charge in [-0.3, -0.25) is 4.90 Å². The molecule has 106 valence electrons. The van der Waals surface area contributed by atoms with Gasteiger partial charge in [-0.15, -0.1) is 0 Å². The van der Waals surface area contributed by atoms with E-state index >= 15 is 0 Å². The van der Waals surface area contributed by atoms with Crippen LogP contribution in [-0.2, 0) is 0 Å². The lowest BCUT2D eigenvalue weighted by Crippen LogP contribution is -2.59. The Bertz CT molecular complexity index is 272. The van der Waals surface area contributed by atoms with Gasteiger partial charge in [-0.1, -0.05) is 13.8 Å². The van der Waals surface area contributed by atoms with Crippen LogP contribution in [0.1, 0.15) is 59.8 Å². The van der Waals surface area contributed by atoms with Crippen molar-refractivity contribution in [2.75, 3.05) is 13.1 Å². The van der Waals surface area contributed by atoms with Crippen molar-refractivity contribution in [2.24, 2.45) is 23.5 Å². The molecule has 0 amide bonds. The van der Waals surface area contributed by atoms with Crippen LogP contribution in [0, 0.1) is 17.8 Å². The van der Waals surface area contributed by atoms with E-state index in [4.69, 9.17) is 5.73 Å². The molecule has 2 fully saturated rings. The van der Waals surface area contributed by atoms with E-state index in [0.29, 0.717) is 11.6 Å². The molecule has 2 heteroatoms. The highest BCUT2D eigenvalue weighted by molar-refractivity contribution is 4.99. The highest BCUT2D eigenvalue weighted by Gasteiger charge is 2.43. The van der Waals surface area contributed by atoms with Crippen LogP contribution in [0.4, 0.5) is 0 Å². The lowest BCUT2D eigenvalue weighted by Gasteiger charge is -2.51. The number of rotatable bonds is 5. The van der Waals surface area contributed by atoms with Crippen LogP contribution >= 0.6 is 0 Å². The Hall–Kier alpha value is -0.0800. The van der Waals surface area contributed by atoms with Crippen LogP contribution in [0.5, 0.6) is 0 Å². The molecule has 2 aliphatic carbocycles.